The van der Waals surface area contributed by atoms with E-state index in [9.17, 15) is 10.1 Å². The van der Waals surface area contributed by atoms with Crippen molar-refractivity contribution < 1.29 is 4.74 Å². The first-order valence-electron chi connectivity index (χ1n) is 11.5. The third-order valence-electron chi connectivity index (χ3n) is 6.37. The summed E-state index contributed by atoms with van der Waals surface area (Å²) in [5.41, 5.74) is 5.10. The summed E-state index contributed by atoms with van der Waals surface area (Å²) in [6, 6.07) is 19.8. The van der Waals surface area contributed by atoms with Crippen molar-refractivity contribution in [1.82, 2.24) is 19.1 Å². The average Bonchev–Trinajstić information content (AvgIpc) is 3.14. The van der Waals surface area contributed by atoms with Gasteiger partial charge in [-0.15, -0.1) is 0 Å². The molecule has 0 spiro atoms. The lowest BCUT2D eigenvalue weighted by molar-refractivity contribution is 0.327. The summed E-state index contributed by atoms with van der Waals surface area (Å²) in [6.45, 7) is 6.24. The average molecular weight is 464 g/mol. The zero-order valence-electron chi connectivity index (χ0n) is 20.1. The van der Waals surface area contributed by atoms with Crippen molar-refractivity contribution in [2.45, 2.75) is 26.2 Å². The second kappa shape index (κ2) is 8.41. The van der Waals surface area contributed by atoms with Crippen LogP contribution in [0.3, 0.4) is 0 Å². The Bertz CT molecular complexity index is 1650. The second-order valence-electron chi connectivity index (χ2n) is 9.00. The molecule has 0 saturated heterocycles. The molecule has 0 unspecified atom stereocenters. The number of benzene rings is 2. The van der Waals surface area contributed by atoms with E-state index in [1.54, 1.807) is 28.6 Å². The molecule has 3 aromatic heterocycles. The Hall–Kier alpha value is -4.44. The molecule has 35 heavy (non-hydrogen) atoms. The van der Waals surface area contributed by atoms with Crippen LogP contribution in [0.1, 0.15) is 26.3 Å². The monoisotopic (exact) mass is 463 g/mol. The van der Waals surface area contributed by atoms with Gasteiger partial charge in [0.25, 0.3) is 0 Å². The van der Waals surface area contributed by atoms with Gasteiger partial charge in [0.05, 0.1) is 46.5 Å². The van der Waals surface area contributed by atoms with Gasteiger partial charge in [0, 0.05) is 30.3 Å². The van der Waals surface area contributed by atoms with Gasteiger partial charge in [-0.25, -0.2) is 9.78 Å². The van der Waals surface area contributed by atoms with E-state index in [2.05, 4.69) is 16.0 Å². The van der Waals surface area contributed by atoms with E-state index in [0.29, 0.717) is 12.5 Å². The molecule has 5 aromatic rings. The molecule has 0 bridgehead atoms. The third-order valence-corrected chi connectivity index (χ3v) is 6.37. The van der Waals surface area contributed by atoms with Crippen molar-refractivity contribution >= 4 is 21.9 Å². The van der Waals surface area contributed by atoms with E-state index >= 15 is 0 Å². The number of pyridine rings is 2. The Morgan fingerprint density at radius 1 is 1.00 bits per heavy atom. The molecule has 5 rings (SSSR count). The van der Waals surface area contributed by atoms with E-state index < -0.39 is 5.41 Å². The summed E-state index contributed by atoms with van der Waals surface area (Å²) in [5, 5.41) is 10.3. The van der Waals surface area contributed by atoms with Crippen LogP contribution >= 0.6 is 0 Å². The molecule has 0 aliphatic carbocycles. The van der Waals surface area contributed by atoms with E-state index in [1.807, 2.05) is 75.4 Å². The van der Waals surface area contributed by atoms with Gasteiger partial charge in [-0.3, -0.25) is 14.1 Å². The van der Waals surface area contributed by atoms with Crippen molar-refractivity contribution in [3.05, 3.63) is 83.0 Å². The molecular weight excluding hydrogens is 438 g/mol. The van der Waals surface area contributed by atoms with Crippen LogP contribution in [0.2, 0.25) is 0 Å². The van der Waals surface area contributed by atoms with Crippen molar-refractivity contribution in [3.63, 3.8) is 0 Å². The Morgan fingerprint density at radius 2 is 1.74 bits per heavy atom. The van der Waals surface area contributed by atoms with Gasteiger partial charge >= 0.3 is 5.69 Å². The minimum atomic E-state index is -0.612. The number of ether oxygens (including phenoxy) is 1. The first-order valence-corrected chi connectivity index (χ1v) is 11.5. The van der Waals surface area contributed by atoms with E-state index in [-0.39, 0.29) is 5.69 Å². The van der Waals surface area contributed by atoms with Gasteiger partial charge in [-0.05, 0) is 62.2 Å². The number of nitrogens with zero attached hydrogens (tertiary/aromatic N) is 5. The molecule has 2 aromatic carbocycles. The van der Waals surface area contributed by atoms with Gasteiger partial charge < -0.3 is 4.74 Å². The topological polar surface area (TPSA) is 85.7 Å². The highest BCUT2D eigenvalue weighted by Crippen LogP contribution is 2.31. The summed E-state index contributed by atoms with van der Waals surface area (Å²) >= 11 is 0. The standard InChI is InChI=1S/C28H25N5O2/c1-5-35-25-13-7-19(15-31-25)18-6-12-23-22(14-18)26-24(16-30-23)32(4)27(34)33(26)21-10-8-20(9-11-21)28(2,3)17-29/h6-16H,5H2,1-4H3. The number of hydrogen-bond donors (Lipinski definition) is 0. The lowest BCUT2D eigenvalue weighted by Crippen LogP contribution is -2.21. The minimum absolute atomic E-state index is 0.158. The van der Waals surface area contributed by atoms with Crippen molar-refractivity contribution in [2.24, 2.45) is 7.05 Å². The van der Waals surface area contributed by atoms with Crippen LogP contribution in [0, 0.1) is 11.3 Å². The lowest BCUT2D eigenvalue weighted by Gasteiger charge is -2.16. The molecule has 0 amide bonds. The van der Waals surface area contributed by atoms with Crippen molar-refractivity contribution in [3.8, 4) is 28.8 Å². The highest BCUT2D eigenvalue weighted by molar-refractivity contribution is 6.04. The summed E-state index contributed by atoms with van der Waals surface area (Å²) in [5.74, 6) is 0.584. The first-order chi connectivity index (χ1) is 16.8. The number of imidazole rings is 1. The molecule has 7 nitrogen and oxygen atoms in total. The number of nitriles is 1. The van der Waals surface area contributed by atoms with Gasteiger partial charge in [0.1, 0.15) is 0 Å². The molecule has 0 N–H and O–H groups in total. The fraction of sp³-hybridized carbons (Fsp3) is 0.214. The number of rotatable bonds is 5. The largest absolute Gasteiger partial charge is 0.478 e. The molecule has 0 saturated carbocycles. The van der Waals surface area contributed by atoms with Crippen LogP contribution in [0.4, 0.5) is 0 Å². The van der Waals surface area contributed by atoms with Gasteiger partial charge in [-0.1, -0.05) is 18.2 Å². The van der Waals surface area contributed by atoms with Crippen molar-refractivity contribution in [2.75, 3.05) is 6.61 Å². The number of fused-ring (bicyclic) bond motifs is 3. The zero-order valence-corrected chi connectivity index (χ0v) is 20.1. The maximum Gasteiger partial charge on any atom is 0.333 e. The normalized spacial score (nSPS) is 11.6. The smallest absolute Gasteiger partial charge is 0.333 e. The lowest BCUT2D eigenvalue weighted by atomic mass is 9.86. The predicted octanol–water partition coefficient (Wildman–Crippen LogP) is 5.14. The molecule has 0 aliphatic rings. The van der Waals surface area contributed by atoms with Crippen LogP contribution in [0.15, 0.2) is 71.8 Å². The summed E-state index contributed by atoms with van der Waals surface area (Å²) < 4.78 is 8.78. The maximum absolute atomic E-state index is 13.3. The van der Waals surface area contributed by atoms with Crippen LogP contribution < -0.4 is 10.4 Å². The minimum Gasteiger partial charge on any atom is -0.478 e. The van der Waals surface area contributed by atoms with Gasteiger partial charge in [0.2, 0.25) is 5.88 Å². The molecule has 0 radical (unpaired) electrons. The third kappa shape index (κ3) is 3.73. The molecule has 174 valence electrons. The molecule has 0 fully saturated rings. The van der Waals surface area contributed by atoms with Crippen LogP contribution in [0.25, 0.3) is 38.8 Å². The van der Waals surface area contributed by atoms with Crippen LogP contribution in [0.5, 0.6) is 5.88 Å². The quantitative estimate of drug-likeness (QED) is 0.360. The predicted molar refractivity (Wildman–Crippen MR) is 137 cm³/mol. The van der Waals surface area contributed by atoms with Gasteiger partial charge in [0.15, 0.2) is 0 Å². The molecule has 3 heterocycles. The highest BCUT2D eigenvalue weighted by atomic mass is 16.5. The van der Waals surface area contributed by atoms with Gasteiger partial charge in [-0.2, -0.15) is 5.26 Å². The molecular formula is C28H25N5O2. The SMILES string of the molecule is CCOc1ccc(-c2ccc3ncc4c(c3c2)n(-c2ccc(C(C)(C)C#N)cc2)c(=O)n4C)cn1. The molecule has 0 aliphatic heterocycles. The van der Waals surface area contributed by atoms with E-state index in [0.717, 1.165) is 44.3 Å². The summed E-state index contributed by atoms with van der Waals surface area (Å²) in [4.78, 5) is 22.3. The van der Waals surface area contributed by atoms with E-state index in [4.69, 9.17) is 4.74 Å². The Kier molecular flexibility index (Phi) is 5.37. The summed E-state index contributed by atoms with van der Waals surface area (Å²) in [6.07, 6.45) is 3.52. The number of hydrogen-bond acceptors (Lipinski definition) is 5. The van der Waals surface area contributed by atoms with E-state index in [1.165, 1.54) is 0 Å². The fourth-order valence-electron chi connectivity index (χ4n) is 4.29. The molecule has 7 heteroatoms. The Labute approximate surface area is 202 Å². The fourth-order valence-corrected chi connectivity index (χ4v) is 4.29. The molecule has 0 atom stereocenters. The number of aromatic nitrogens is 4. The van der Waals surface area contributed by atoms with Crippen molar-refractivity contribution in [1.29, 1.82) is 5.26 Å². The first kappa shape index (κ1) is 22.4. The summed E-state index contributed by atoms with van der Waals surface area (Å²) in [7, 11) is 1.75. The Balaban J connectivity index is 1.72. The van der Waals surface area contributed by atoms with Crippen LogP contribution in [-0.4, -0.2) is 25.7 Å². The Morgan fingerprint density at radius 3 is 2.40 bits per heavy atom. The number of aryl methyl sites for hydroxylation is 1. The highest BCUT2D eigenvalue weighted by Gasteiger charge is 2.21. The zero-order chi connectivity index (χ0) is 24.7. The second-order valence-corrected chi connectivity index (χ2v) is 9.00. The van der Waals surface area contributed by atoms with Crippen LogP contribution in [-0.2, 0) is 12.5 Å². The maximum atomic E-state index is 13.3.